The molecule has 2 aromatic rings. The zero-order chi connectivity index (χ0) is 15.4. The lowest BCUT2D eigenvalue weighted by Crippen LogP contribution is -2.34. The topological polar surface area (TPSA) is 94.1 Å². The van der Waals surface area contributed by atoms with Gasteiger partial charge in [0, 0.05) is 12.6 Å². The number of aromatic amines is 1. The first-order chi connectivity index (χ1) is 10.0. The van der Waals surface area contributed by atoms with Crippen molar-refractivity contribution in [1.82, 2.24) is 14.8 Å². The van der Waals surface area contributed by atoms with Crippen molar-refractivity contribution in [1.29, 1.82) is 0 Å². The standard InChI is InChI=1S/C13H13N3O4S/c1-16-13(14-11(18)12(19)15-16)21-7-10(17)8-3-5-9(20-2)6-4-8/h3-6H,7H2,1-2H3,(H,15,19). The predicted octanol–water partition coefficient (Wildman–Crippen LogP) is 0.452. The van der Waals surface area contributed by atoms with Gasteiger partial charge in [0.1, 0.15) is 5.75 Å². The highest BCUT2D eigenvalue weighted by Crippen LogP contribution is 2.16. The van der Waals surface area contributed by atoms with Crippen LogP contribution in [-0.4, -0.2) is 33.4 Å². The summed E-state index contributed by atoms with van der Waals surface area (Å²) in [5, 5.41) is 2.60. The largest absolute Gasteiger partial charge is 0.497 e. The van der Waals surface area contributed by atoms with Crippen molar-refractivity contribution in [3.63, 3.8) is 0 Å². The van der Waals surface area contributed by atoms with Crippen LogP contribution in [0.15, 0.2) is 39.0 Å². The fourth-order valence-electron chi connectivity index (χ4n) is 1.58. The van der Waals surface area contributed by atoms with Gasteiger partial charge in [-0.2, -0.15) is 4.98 Å². The van der Waals surface area contributed by atoms with E-state index in [4.69, 9.17) is 4.74 Å². The van der Waals surface area contributed by atoms with Crippen LogP contribution in [0.1, 0.15) is 10.4 Å². The number of H-pyrrole nitrogens is 1. The van der Waals surface area contributed by atoms with Gasteiger partial charge in [-0.3, -0.25) is 24.2 Å². The second-order valence-electron chi connectivity index (χ2n) is 4.14. The number of methoxy groups -OCH3 is 1. The maximum Gasteiger partial charge on any atom is 0.339 e. The average molecular weight is 307 g/mol. The number of aromatic nitrogens is 3. The number of nitrogens with one attached hydrogen (secondary N) is 1. The monoisotopic (exact) mass is 307 g/mol. The van der Waals surface area contributed by atoms with Crippen LogP contribution in [0.2, 0.25) is 0 Å². The first kappa shape index (κ1) is 15.0. The van der Waals surface area contributed by atoms with Crippen LogP contribution in [0.5, 0.6) is 5.75 Å². The molecule has 1 heterocycles. The minimum atomic E-state index is -0.868. The van der Waals surface area contributed by atoms with E-state index in [2.05, 4.69) is 10.1 Å². The highest BCUT2D eigenvalue weighted by atomic mass is 32.2. The third-order valence-electron chi connectivity index (χ3n) is 2.69. The summed E-state index contributed by atoms with van der Waals surface area (Å²) in [6, 6.07) is 6.74. The highest BCUT2D eigenvalue weighted by Gasteiger charge is 2.10. The third kappa shape index (κ3) is 3.60. The van der Waals surface area contributed by atoms with Crippen molar-refractivity contribution < 1.29 is 9.53 Å². The quantitative estimate of drug-likeness (QED) is 0.490. The van der Waals surface area contributed by atoms with Crippen LogP contribution < -0.4 is 15.9 Å². The van der Waals surface area contributed by atoms with Gasteiger partial charge in [0.05, 0.1) is 12.9 Å². The molecule has 21 heavy (non-hydrogen) atoms. The Hall–Kier alpha value is -2.35. The van der Waals surface area contributed by atoms with Gasteiger partial charge < -0.3 is 4.74 Å². The molecule has 0 amide bonds. The van der Waals surface area contributed by atoms with Gasteiger partial charge in [-0.25, -0.2) is 0 Å². The molecule has 0 atom stereocenters. The molecule has 110 valence electrons. The lowest BCUT2D eigenvalue weighted by atomic mass is 10.1. The van der Waals surface area contributed by atoms with Crippen molar-refractivity contribution >= 4 is 17.5 Å². The van der Waals surface area contributed by atoms with Crippen LogP contribution in [0.4, 0.5) is 0 Å². The number of Topliss-reactive ketones (excluding diaryl/α,β-unsaturated/α-hetero) is 1. The molecule has 0 aliphatic carbocycles. The molecular formula is C13H13N3O4S. The number of hydrogen-bond donors (Lipinski definition) is 1. The second kappa shape index (κ2) is 6.40. The van der Waals surface area contributed by atoms with Crippen LogP contribution in [0, 0.1) is 0 Å². The van der Waals surface area contributed by atoms with Gasteiger partial charge >= 0.3 is 11.1 Å². The lowest BCUT2D eigenvalue weighted by molar-refractivity contribution is 0.102. The van der Waals surface area contributed by atoms with Crippen molar-refractivity contribution in [3.05, 3.63) is 50.5 Å². The van der Waals surface area contributed by atoms with Gasteiger partial charge in [0.15, 0.2) is 10.9 Å². The number of nitrogens with zero attached hydrogens (tertiary/aromatic N) is 2. The van der Waals surface area contributed by atoms with Gasteiger partial charge in [-0.15, -0.1) is 0 Å². The fourth-order valence-corrected chi connectivity index (χ4v) is 2.39. The zero-order valence-electron chi connectivity index (χ0n) is 11.5. The van der Waals surface area contributed by atoms with Crippen molar-refractivity contribution in [3.8, 4) is 5.75 Å². The van der Waals surface area contributed by atoms with Crippen LogP contribution >= 0.6 is 11.8 Å². The number of thioether (sulfide) groups is 1. The van der Waals surface area contributed by atoms with Crippen molar-refractivity contribution in [2.45, 2.75) is 5.16 Å². The first-order valence-electron chi connectivity index (χ1n) is 5.98. The Kier molecular flexibility index (Phi) is 4.59. The van der Waals surface area contributed by atoms with E-state index in [-0.39, 0.29) is 16.7 Å². The molecule has 1 aromatic carbocycles. The number of carbonyl (C=O) groups is 1. The van der Waals surface area contributed by atoms with Gasteiger partial charge in [-0.05, 0) is 24.3 Å². The minimum Gasteiger partial charge on any atom is -0.497 e. The van der Waals surface area contributed by atoms with Crippen LogP contribution in [-0.2, 0) is 7.05 Å². The average Bonchev–Trinajstić information content (AvgIpc) is 2.49. The molecule has 8 heteroatoms. The summed E-state index contributed by atoms with van der Waals surface area (Å²) in [7, 11) is 3.10. The Morgan fingerprint density at radius 1 is 1.33 bits per heavy atom. The van der Waals surface area contributed by atoms with E-state index in [9.17, 15) is 14.4 Å². The molecule has 0 radical (unpaired) electrons. The molecular weight excluding hydrogens is 294 g/mol. The molecule has 1 aromatic heterocycles. The number of hydrogen-bond acceptors (Lipinski definition) is 6. The molecule has 0 saturated heterocycles. The molecule has 2 rings (SSSR count). The smallest absolute Gasteiger partial charge is 0.339 e. The molecule has 0 saturated carbocycles. The first-order valence-corrected chi connectivity index (χ1v) is 6.97. The molecule has 0 fully saturated rings. The summed E-state index contributed by atoms with van der Waals surface area (Å²) >= 11 is 1.08. The molecule has 0 unspecified atom stereocenters. The summed E-state index contributed by atoms with van der Waals surface area (Å²) in [5.74, 6) is 0.672. The predicted molar refractivity (Wildman–Crippen MR) is 78.1 cm³/mol. The van der Waals surface area contributed by atoms with Crippen molar-refractivity contribution in [2.75, 3.05) is 12.9 Å². The Morgan fingerprint density at radius 2 is 2.00 bits per heavy atom. The lowest BCUT2D eigenvalue weighted by Gasteiger charge is -2.06. The highest BCUT2D eigenvalue weighted by molar-refractivity contribution is 7.99. The Balaban J connectivity index is 2.08. The van der Waals surface area contributed by atoms with E-state index >= 15 is 0 Å². The van der Waals surface area contributed by atoms with Crippen LogP contribution in [0.3, 0.4) is 0 Å². The molecule has 1 N–H and O–H groups in total. The minimum absolute atomic E-state index is 0.108. The molecule has 0 spiro atoms. The summed E-state index contributed by atoms with van der Waals surface area (Å²) in [5.41, 5.74) is -1.12. The number of ketones is 1. The van der Waals surface area contributed by atoms with Crippen molar-refractivity contribution in [2.24, 2.45) is 7.05 Å². The summed E-state index contributed by atoms with van der Waals surface area (Å²) in [4.78, 5) is 37.9. The summed E-state index contributed by atoms with van der Waals surface area (Å²) in [6.45, 7) is 0. The SMILES string of the molecule is COc1ccc(C(=O)CSc2nc(=O)c(=O)[nH]n2C)cc1. The van der Waals surface area contributed by atoms with E-state index in [0.717, 1.165) is 11.8 Å². The molecule has 0 aliphatic rings. The normalized spacial score (nSPS) is 10.4. The number of aryl methyl sites for hydroxylation is 1. The maximum atomic E-state index is 12.0. The fraction of sp³-hybridized carbons (Fsp3) is 0.231. The number of benzene rings is 1. The second-order valence-corrected chi connectivity index (χ2v) is 5.08. The summed E-state index contributed by atoms with van der Waals surface area (Å²) < 4.78 is 6.34. The van der Waals surface area contributed by atoms with E-state index < -0.39 is 11.1 Å². The molecule has 0 aliphatic heterocycles. The summed E-state index contributed by atoms with van der Waals surface area (Å²) in [6.07, 6.45) is 0. The van der Waals surface area contributed by atoms with Crippen LogP contribution in [0.25, 0.3) is 0 Å². The number of carbonyl (C=O) groups excluding carboxylic acids is 1. The van der Waals surface area contributed by atoms with E-state index in [1.807, 2.05) is 0 Å². The van der Waals surface area contributed by atoms with Gasteiger partial charge in [-0.1, -0.05) is 11.8 Å². The van der Waals surface area contributed by atoms with Gasteiger partial charge in [0.2, 0.25) is 0 Å². The third-order valence-corrected chi connectivity index (χ3v) is 3.72. The van der Waals surface area contributed by atoms with E-state index in [1.165, 1.54) is 4.68 Å². The Labute approximate surface area is 124 Å². The van der Waals surface area contributed by atoms with Gasteiger partial charge in [0.25, 0.3) is 0 Å². The number of ether oxygens (including phenoxy) is 1. The zero-order valence-corrected chi connectivity index (χ0v) is 12.3. The molecule has 0 bridgehead atoms. The van der Waals surface area contributed by atoms with E-state index in [1.54, 1.807) is 38.4 Å². The Bertz CT molecular complexity index is 764. The number of rotatable bonds is 5. The maximum absolute atomic E-state index is 12.0. The molecule has 7 nitrogen and oxygen atoms in total. The van der Waals surface area contributed by atoms with E-state index in [0.29, 0.717) is 11.3 Å². The Morgan fingerprint density at radius 3 is 2.62 bits per heavy atom.